The number of ether oxygens (including phenoxy) is 1. The van der Waals surface area contributed by atoms with Crippen molar-refractivity contribution in [1.29, 1.82) is 5.41 Å². The maximum atomic E-state index is 14.3. The van der Waals surface area contributed by atoms with E-state index < -0.39 is 23.9 Å². The smallest absolute Gasteiger partial charge is 0.254 e. The van der Waals surface area contributed by atoms with E-state index in [1.807, 2.05) is 6.92 Å². The minimum atomic E-state index is -0.706. The lowest BCUT2D eigenvalue weighted by atomic mass is 10.1. The standard InChI is InChI=1S/C25H31FN4O4/c1-3-23(34-19-9-6-17(7-10-19)24(32)16-4-5-16)22(27)13-28-30-18-8-11-20(21(26)12-18)25(33)29-15(2)14-31/h6-12,15-16,23,27-28,30-31H,3-5,13-14H2,1-2H3,(H,29,33)/t15-,23?/m1/s1. The topological polar surface area (TPSA) is 124 Å². The van der Waals surface area contributed by atoms with Crippen LogP contribution in [0.1, 0.15) is 53.8 Å². The van der Waals surface area contributed by atoms with Crippen LogP contribution in [-0.2, 0) is 0 Å². The Labute approximate surface area is 198 Å². The summed E-state index contributed by atoms with van der Waals surface area (Å²) in [4.78, 5) is 24.2. The van der Waals surface area contributed by atoms with Crippen molar-refractivity contribution >= 4 is 23.1 Å². The van der Waals surface area contributed by atoms with Crippen molar-refractivity contribution in [3.63, 3.8) is 0 Å². The summed E-state index contributed by atoms with van der Waals surface area (Å²) in [5.41, 5.74) is 6.93. The predicted molar refractivity (Wildman–Crippen MR) is 128 cm³/mol. The Hall–Kier alpha value is -3.30. The van der Waals surface area contributed by atoms with Crippen LogP contribution in [0.25, 0.3) is 0 Å². The van der Waals surface area contributed by atoms with Gasteiger partial charge in [0, 0.05) is 17.5 Å². The number of hydrogen-bond acceptors (Lipinski definition) is 7. The van der Waals surface area contributed by atoms with E-state index in [0.717, 1.165) is 12.8 Å². The van der Waals surface area contributed by atoms with Gasteiger partial charge in [-0.15, -0.1) is 0 Å². The fourth-order valence-corrected chi connectivity index (χ4v) is 3.32. The van der Waals surface area contributed by atoms with Crippen LogP contribution in [0.3, 0.4) is 0 Å². The molecule has 1 amide bonds. The summed E-state index contributed by atoms with van der Waals surface area (Å²) in [7, 11) is 0. The Balaban J connectivity index is 1.48. The normalized spacial score (nSPS) is 14.7. The van der Waals surface area contributed by atoms with Gasteiger partial charge in [0.15, 0.2) is 5.78 Å². The summed E-state index contributed by atoms with van der Waals surface area (Å²) in [6.45, 7) is 3.43. The van der Waals surface area contributed by atoms with Crippen LogP contribution in [0.4, 0.5) is 10.1 Å². The molecule has 0 bridgehead atoms. The fourth-order valence-electron chi connectivity index (χ4n) is 3.32. The number of Topliss-reactive ketones (excluding diaryl/α,β-unsaturated/α-hetero) is 1. The summed E-state index contributed by atoms with van der Waals surface area (Å²) in [6, 6.07) is 10.6. The highest BCUT2D eigenvalue weighted by Crippen LogP contribution is 2.33. The molecule has 1 unspecified atom stereocenters. The molecule has 34 heavy (non-hydrogen) atoms. The van der Waals surface area contributed by atoms with Crippen molar-refractivity contribution in [2.75, 3.05) is 18.6 Å². The minimum absolute atomic E-state index is 0.122. The molecule has 1 aliphatic rings. The minimum Gasteiger partial charge on any atom is -0.484 e. The van der Waals surface area contributed by atoms with Crippen LogP contribution in [0.5, 0.6) is 5.75 Å². The highest BCUT2D eigenvalue weighted by Gasteiger charge is 2.30. The van der Waals surface area contributed by atoms with E-state index in [-0.39, 0.29) is 30.4 Å². The van der Waals surface area contributed by atoms with E-state index in [1.165, 1.54) is 18.2 Å². The number of amides is 1. The number of aliphatic hydroxyl groups is 1. The molecule has 0 radical (unpaired) electrons. The van der Waals surface area contributed by atoms with Gasteiger partial charge in [-0.2, -0.15) is 0 Å². The van der Waals surface area contributed by atoms with Gasteiger partial charge in [0.2, 0.25) is 0 Å². The zero-order valence-electron chi connectivity index (χ0n) is 19.4. The third-order valence-corrected chi connectivity index (χ3v) is 5.50. The van der Waals surface area contributed by atoms with E-state index in [4.69, 9.17) is 15.3 Å². The second kappa shape index (κ2) is 11.7. The molecule has 1 fully saturated rings. The van der Waals surface area contributed by atoms with Crippen LogP contribution in [0.2, 0.25) is 0 Å². The number of carbonyl (C=O) groups is 2. The van der Waals surface area contributed by atoms with Crippen molar-refractivity contribution in [1.82, 2.24) is 10.7 Å². The van der Waals surface area contributed by atoms with Crippen LogP contribution >= 0.6 is 0 Å². The van der Waals surface area contributed by atoms with Crippen LogP contribution in [-0.4, -0.2) is 47.8 Å². The molecule has 5 N–H and O–H groups in total. The maximum Gasteiger partial charge on any atom is 0.254 e. The molecule has 2 aromatic rings. The zero-order valence-corrected chi connectivity index (χ0v) is 19.4. The van der Waals surface area contributed by atoms with Gasteiger partial charge in [-0.3, -0.25) is 9.59 Å². The van der Waals surface area contributed by atoms with Crippen molar-refractivity contribution < 1.29 is 23.8 Å². The van der Waals surface area contributed by atoms with Gasteiger partial charge < -0.3 is 26.0 Å². The molecule has 0 spiro atoms. The third kappa shape index (κ3) is 6.85. The first-order chi connectivity index (χ1) is 16.3. The lowest BCUT2D eigenvalue weighted by molar-refractivity contribution is 0.0917. The highest BCUT2D eigenvalue weighted by molar-refractivity contribution is 5.99. The molecule has 2 aromatic carbocycles. The first-order valence-corrected chi connectivity index (χ1v) is 11.4. The summed E-state index contributed by atoms with van der Waals surface area (Å²) >= 11 is 0. The summed E-state index contributed by atoms with van der Waals surface area (Å²) < 4.78 is 20.2. The van der Waals surface area contributed by atoms with Crippen molar-refractivity contribution in [3.05, 3.63) is 59.4 Å². The number of benzene rings is 2. The molecular weight excluding hydrogens is 439 g/mol. The molecule has 9 heteroatoms. The van der Waals surface area contributed by atoms with Crippen molar-refractivity contribution in [3.8, 4) is 5.75 Å². The molecule has 0 saturated heterocycles. The summed E-state index contributed by atoms with van der Waals surface area (Å²) in [6.07, 6.45) is 2.04. The monoisotopic (exact) mass is 470 g/mol. The number of hydrogen-bond donors (Lipinski definition) is 5. The van der Waals surface area contributed by atoms with Gasteiger partial charge in [-0.25, -0.2) is 9.82 Å². The number of nitrogens with one attached hydrogen (secondary N) is 4. The molecule has 2 atom stereocenters. The molecular formula is C25H31FN4O4. The predicted octanol–water partition coefficient (Wildman–Crippen LogP) is 3.32. The van der Waals surface area contributed by atoms with E-state index in [0.29, 0.717) is 29.1 Å². The molecule has 8 nitrogen and oxygen atoms in total. The average molecular weight is 471 g/mol. The van der Waals surface area contributed by atoms with Gasteiger partial charge in [0.1, 0.15) is 17.7 Å². The van der Waals surface area contributed by atoms with Gasteiger partial charge >= 0.3 is 0 Å². The Bertz CT molecular complexity index is 1020. The van der Waals surface area contributed by atoms with Crippen molar-refractivity contribution in [2.24, 2.45) is 5.92 Å². The number of hydrazine groups is 1. The molecule has 3 rings (SSSR count). The number of ketones is 1. The highest BCUT2D eigenvalue weighted by atomic mass is 19.1. The maximum absolute atomic E-state index is 14.3. The molecule has 0 aromatic heterocycles. The molecule has 1 saturated carbocycles. The lowest BCUT2D eigenvalue weighted by Crippen LogP contribution is -2.37. The second-order valence-corrected chi connectivity index (χ2v) is 8.43. The van der Waals surface area contributed by atoms with Gasteiger partial charge in [-0.05, 0) is 68.7 Å². The van der Waals surface area contributed by atoms with E-state index in [9.17, 15) is 14.0 Å². The number of aliphatic hydroxyl groups excluding tert-OH is 1. The number of halogens is 1. The van der Waals surface area contributed by atoms with E-state index >= 15 is 0 Å². The second-order valence-electron chi connectivity index (χ2n) is 8.43. The molecule has 0 aliphatic heterocycles. The number of anilines is 1. The number of carbonyl (C=O) groups excluding carboxylic acids is 2. The average Bonchev–Trinajstić information content (AvgIpc) is 3.68. The van der Waals surface area contributed by atoms with Crippen LogP contribution < -0.4 is 20.9 Å². The number of rotatable bonds is 13. The Morgan fingerprint density at radius 2 is 1.91 bits per heavy atom. The quantitative estimate of drug-likeness (QED) is 0.174. The molecule has 182 valence electrons. The molecule has 0 heterocycles. The molecule has 1 aliphatic carbocycles. The Kier molecular flexibility index (Phi) is 8.72. The van der Waals surface area contributed by atoms with E-state index in [1.54, 1.807) is 31.2 Å². The zero-order chi connectivity index (χ0) is 24.7. The van der Waals surface area contributed by atoms with Crippen LogP contribution in [0, 0.1) is 17.1 Å². The first kappa shape index (κ1) is 25.3. The third-order valence-electron chi connectivity index (χ3n) is 5.50. The Morgan fingerprint density at radius 1 is 1.21 bits per heavy atom. The van der Waals surface area contributed by atoms with E-state index in [2.05, 4.69) is 16.2 Å². The summed E-state index contributed by atoms with van der Waals surface area (Å²) in [5, 5.41) is 19.8. The van der Waals surface area contributed by atoms with Gasteiger partial charge in [0.05, 0.1) is 30.1 Å². The Morgan fingerprint density at radius 3 is 2.50 bits per heavy atom. The fraction of sp³-hybridized carbons (Fsp3) is 0.400. The van der Waals surface area contributed by atoms with Gasteiger partial charge in [-0.1, -0.05) is 6.92 Å². The largest absolute Gasteiger partial charge is 0.484 e. The van der Waals surface area contributed by atoms with Crippen LogP contribution in [0.15, 0.2) is 42.5 Å². The summed E-state index contributed by atoms with van der Waals surface area (Å²) in [5.74, 6) is -0.385. The first-order valence-electron chi connectivity index (χ1n) is 11.4. The lowest BCUT2D eigenvalue weighted by Gasteiger charge is -2.20. The SMILES string of the molecule is CCC(Oc1ccc(C(=O)C2CC2)cc1)C(=N)CNNc1ccc(C(=O)N[C@H](C)CO)c(F)c1. The van der Waals surface area contributed by atoms with Crippen molar-refractivity contribution in [2.45, 2.75) is 45.3 Å². The van der Waals surface area contributed by atoms with Gasteiger partial charge in [0.25, 0.3) is 5.91 Å².